The smallest absolute Gasteiger partial charge is 0.328 e. The lowest BCUT2D eigenvalue weighted by atomic mass is 10.0. The molecule has 2 unspecified atom stereocenters. The van der Waals surface area contributed by atoms with Crippen molar-refractivity contribution in [3.8, 4) is 0 Å². The molecule has 0 aromatic heterocycles. The molecule has 0 aliphatic heterocycles. The molecule has 2 atom stereocenters. The van der Waals surface area contributed by atoms with Crippen molar-refractivity contribution in [2.75, 3.05) is 13.2 Å². The van der Waals surface area contributed by atoms with Crippen molar-refractivity contribution in [1.29, 1.82) is 0 Å². The van der Waals surface area contributed by atoms with Crippen molar-refractivity contribution >= 4 is 17.8 Å². The number of rotatable bonds is 17. The van der Waals surface area contributed by atoms with Crippen LogP contribution in [0.15, 0.2) is 0 Å². The molecule has 7 nitrogen and oxygen atoms in total. The molecular formula is C25H50N2O5. The van der Waals surface area contributed by atoms with E-state index in [4.69, 9.17) is 15.2 Å². The van der Waals surface area contributed by atoms with E-state index in [9.17, 15) is 14.4 Å². The van der Waals surface area contributed by atoms with Crippen LogP contribution in [0.4, 0.5) is 0 Å². The standard InChI is InChI=1S/C23H44N2O5.C2H6/c1-6-7-12-21(26)25-20(16-18(4)5)23(28)30-14-11-9-8-10-13-29-22(27)19(24)15-17(2)3;1-2/h17-20H,6-16,24H2,1-5H3,(H,25,26);1-2H3. The van der Waals surface area contributed by atoms with Gasteiger partial charge in [-0.3, -0.25) is 9.59 Å². The number of nitrogens with two attached hydrogens (primary N) is 1. The van der Waals surface area contributed by atoms with Crippen LogP contribution in [0, 0.1) is 11.8 Å². The fourth-order valence-corrected chi connectivity index (χ4v) is 3.00. The highest BCUT2D eigenvalue weighted by atomic mass is 16.5. The summed E-state index contributed by atoms with van der Waals surface area (Å²) in [6.07, 6.45) is 6.65. The first kappa shape index (κ1) is 32.5. The van der Waals surface area contributed by atoms with Crippen molar-refractivity contribution < 1.29 is 23.9 Å². The van der Waals surface area contributed by atoms with E-state index in [2.05, 4.69) is 5.32 Å². The number of ether oxygens (including phenoxy) is 2. The van der Waals surface area contributed by atoms with Crippen LogP contribution in [0.2, 0.25) is 0 Å². The van der Waals surface area contributed by atoms with Crippen molar-refractivity contribution in [3.63, 3.8) is 0 Å². The molecule has 0 aromatic rings. The van der Waals surface area contributed by atoms with E-state index in [1.54, 1.807) is 0 Å². The molecule has 0 heterocycles. The Labute approximate surface area is 196 Å². The van der Waals surface area contributed by atoms with Crippen LogP contribution in [-0.4, -0.2) is 43.1 Å². The Morgan fingerprint density at radius 1 is 0.781 bits per heavy atom. The van der Waals surface area contributed by atoms with Gasteiger partial charge in [0.15, 0.2) is 0 Å². The monoisotopic (exact) mass is 458 g/mol. The summed E-state index contributed by atoms with van der Waals surface area (Å²) in [5, 5.41) is 2.81. The van der Waals surface area contributed by atoms with Gasteiger partial charge in [0, 0.05) is 6.42 Å². The maximum absolute atomic E-state index is 12.3. The zero-order valence-electron chi connectivity index (χ0n) is 21.7. The van der Waals surface area contributed by atoms with Gasteiger partial charge in [0.05, 0.1) is 13.2 Å². The molecule has 190 valence electrons. The molecule has 0 bridgehead atoms. The second kappa shape index (κ2) is 21.2. The summed E-state index contributed by atoms with van der Waals surface area (Å²) in [5.41, 5.74) is 5.79. The number of amides is 1. The molecule has 0 aromatic carbocycles. The van der Waals surface area contributed by atoms with Gasteiger partial charge in [0.1, 0.15) is 12.1 Å². The zero-order chi connectivity index (χ0) is 24.9. The molecule has 0 saturated carbocycles. The molecule has 3 N–H and O–H groups in total. The minimum atomic E-state index is -0.580. The largest absolute Gasteiger partial charge is 0.465 e. The fourth-order valence-electron chi connectivity index (χ4n) is 3.00. The van der Waals surface area contributed by atoms with E-state index in [1.807, 2.05) is 48.5 Å². The van der Waals surface area contributed by atoms with Gasteiger partial charge < -0.3 is 20.5 Å². The van der Waals surface area contributed by atoms with Gasteiger partial charge in [-0.2, -0.15) is 0 Å². The van der Waals surface area contributed by atoms with Crippen molar-refractivity contribution in [3.05, 3.63) is 0 Å². The Hall–Kier alpha value is -1.63. The first-order valence-electron chi connectivity index (χ1n) is 12.6. The van der Waals surface area contributed by atoms with Crippen LogP contribution in [0.3, 0.4) is 0 Å². The van der Waals surface area contributed by atoms with Gasteiger partial charge in [0.25, 0.3) is 0 Å². The highest BCUT2D eigenvalue weighted by Crippen LogP contribution is 2.09. The average molecular weight is 459 g/mol. The molecule has 0 rings (SSSR count). The van der Waals surface area contributed by atoms with Crippen LogP contribution in [0.25, 0.3) is 0 Å². The SMILES string of the molecule is CC.CCCCC(=O)NC(CC(C)C)C(=O)OCCCCCCOC(=O)C(N)CC(C)C. The van der Waals surface area contributed by atoms with Crippen LogP contribution < -0.4 is 11.1 Å². The van der Waals surface area contributed by atoms with E-state index in [-0.39, 0.29) is 23.8 Å². The molecular weight excluding hydrogens is 408 g/mol. The summed E-state index contributed by atoms with van der Waals surface area (Å²) >= 11 is 0. The Balaban J connectivity index is 0. The van der Waals surface area contributed by atoms with Crippen LogP contribution in [-0.2, 0) is 23.9 Å². The summed E-state index contributed by atoms with van der Waals surface area (Å²) in [4.78, 5) is 36.0. The zero-order valence-corrected chi connectivity index (χ0v) is 21.7. The molecule has 0 fully saturated rings. The topological polar surface area (TPSA) is 108 Å². The third-order valence-corrected chi connectivity index (χ3v) is 4.64. The first-order chi connectivity index (χ1) is 15.2. The normalized spacial score (nSPS) is 12.6. The number of carbonyl (C=O) groups is 3. The summed E-state index contributed by atoms with van der Waals surface area (Å²) < 4.78 is 10.6. The van der Waals surface area contributed by atoms with E-state index in [0.29, 0.717) is 38.4 Å². The third-order valence-electron chi connectivity index (χ3n) is 4.64. The molecule has 7 heteroatoms. The first-order valence-corrected chi connectivity index (χ1v) is 12.6. The van der Waals surface area contributed by atoms with Crippen LogP contribution in [0.1, 0.15) is 106 Å². The molecule has 0 aliphatic carbocycles. The average Bonchev–Trinajstić information content (AvgIpc) is 2.73. The molecule has 0 aliphatic rings. The van der Waals surface area contributed by atoms with Gasteiger partial charge in [0.2, 0.25) is 5.91 Å². The molecule has 32 heavy (non-hydrogen) atoms. The maximum atomic E-state index is 12.3. The highest BCUT2D eigenvalue weighted by Gasteiger charge is 2.23. The van der Waals surface area contributed by atoms with Gasteiger partial charge in [-0.1, -0.05) is 54.9 Å². The number of unbranched alkanes of at least 4 members (excludes halogenated alkanes) is 4. The van der Waals surface area contributed by atoms with Gasteiger partial charge >= 0.3 is 11.9 Å². The quantitative estimate of drug-likeness (QED) is 0.240. The maximum Gasteiger partial charge on any atom is 0.328 e. The van der Waals surface area contributed by atoms with Crippen LogP contribution >= 0.6 is 0 Å². The lowest BCUT2D eigenvalue weighted by Crippen LogP contribution is -2.42. The highest BCUT2D eigenvalue weighted by molar-refractivity contribution is 5.84. The second-order valence-corrected chi connectivity index (χ2v) is 8.84. The number of carbonyl (C=O) groups excluding carboxylic acids is 3. The predicted molar refractivity (Wildman–Crippen MR) is 130 cm³/mol. The second-order valence-electron chi connectivity index (χ2n) is 8.84. The number of hydrogen-bond donors (Lipinski definition) is 2. The van der Waals surface area contributed by atoms with E-state index in [1.165, 1.54) is 0 Å². The summed E-state index contributed by atoms with van der Waals surface area (Å²) in [5.74, 6) is -0.149. The van der Waals surface area contributed by atoms with Gasteiger partial charge in [-0.25, -0.2) is 4.79 Å². The van der Waals surface area contributed by atoms with Gasteiger partial charge in [-0.15, -0.1) is 0 Å². The van der Waals surface area contributed by atoms with E-state index in [0.717, 1.165) is 38.5 Å². The third kappa shape index (κ3) is 19.1. The van der Waals surface area contributed by atoms with E-state index >= 15 is 0 Å². The molecule has 1 amide bonds. The minimum Gasteiger partial charge on any atom is -0.465 e. The summed E-state index contributed by atoms with van der Waals surface area (Å²) in [6, 6.07) is -1.13. The molecule has 0 spiro atoms. The Kier molecular flexibility index (Phi) is 21.6. The van der Waals surface area contributed by atoms with Crippen molar-refractivity contribution in [2.45, 2.75) is 118 Å². The Morgan fingerprint density at radius 2 is 1.28 bits per heavy atom. The lowest BCUT2D eigenvalue weighted by molar-refractivity contribution is -0.148. The van der Waals surface area contributed by atoms with E-state index < -0.39 is 12.1 Å². The predicted octanol–water partition coefficient (Wildman–Crippen LogP) is 4.75. The Bertz CT molecular complexity index is 495. The van der Waals surface area contributed by atoms with Crippen molar-refractivity contribution in [2.24, 2.45) is 17.6 Å². The van der Waals surface area contributed by atoms with Gasteiger partial charge in [-0.05, 0) is 56.8 Å². The fraction of sp³-hybridized carbons (Fsp3) is 0.880. The minimum absolute atomic E-state index is 0.0953. The molecule has 0 radical (unpaired) electrons. The number of esters is 2. The summed E-state index contributed by atoms with van der Waals surface area (Å²) in [6.45, 7) is 14.8. The number of hydrogen-bond acceptors (Lipinski definition) is 6. The summed E-state index contributed by atoms with van der Waals surface area (Å²) in [7, 11) is 0. The molecule has 0 saturated heterocycles. The Morgan fingerprint density at radius 3 is 1.75 bits per heavy atom. The number of nitrogens with one attached hydrogen (secondary N) is 1. The lowest BCUT2D eigenvalue weighted by Gasteiger charge is -2.19. The van der Waals surface area contributed by atoms with Crippen molar-refractivity contribution in [1.82, 2.24) is 5.32 Å². The van der Waals surface area contributed by atoms with Crippen LogP contribution in [0.5, 0.6) is 0 Å².